The molecule has 16 rings (SSSR count). The van der Waals surface area contributed by atoms with Crippen molar-refractivity contribution in [1.82, 2.24) is 0 Å². The number of thiazole rings is 8. The van der Waals surface area contributed by atoms with Crippen molar-refractivity contribution in [3.05, 3.63) is 278 Å². The predicted octanol–water partition coefficient (Wildman–Crippen LogP) is 15.8. The molecule has 40 nitrogen and oxygen atoms in total. The molecule has 0 fully saturated rings. The number of nitrogens with zero attached hydrogens (tertiary/aromatic N) is 32. The van der Waals surface area contributed by atoms with Crippen LogP contribution in [0.4, 0.5) is 58.3 Å². The van der Waals surface area contributed by atoms with Crippen molar-refractivity contribution in [3.8, 4) is 0 Å². The van der Waals surface area contributed by atoms with Crippen molar-refractivity contribution in [1.29, 1.82) is 0 Å². The van der Waals surface area contributed by atoms with E-state index in [0.29, 0.717) is 0 Å². The van der Waals surface area contributed by atoms with E-state index in [0.717, 1.165) is 175 Å². The molecule has 656 valence electrons. The van der Waals surface area contributed by atoms with Gasteiger partial charge in [-0.3, -0.25) is 0 Å². The quantitative estimate of drug-likeness (QED) is 0.0223. The van der Waals surface area contributed by atoms with Gasteiger partial charge in [0.25, 0.3) is 0 Å². The lowest BCUT2D eigenvalue weighted by atomic mass is 10.3. The van der Waals surface area contributed by atoms with Gasteiger partial charge in [0.05, 0.1) is 90.0 Å². The lowest BCUT2D eigenvalue weighted by Crippen LogP contribution is -2.39. The summed E-state index contributed by atoms with van der Waals surface area (Å²) in [6.45, 7) is 22.8. The summed E-state index contributed by atoms with van der Waals surface area (Å²) in [5.41, 5.74) is 76.3. The Labute approximate surface area is 758 Å². The number of aromatic nitrogens is 8. The number of halogens is 4. The first kappa shape index (κ1) is 106. The molecule has 56 heteroatoms. The van der Waals surface area contributed by atoms with Crippen LogP contribution in [0.5, 0.6) is 0 Å². The van der Waals surface area contributed by atoms with Crippen LogP contribution in [0.2, 0.25) is 0 Å². The Morgan fingerprint density at radius 2 is 0.297 bits per heavy atom. The van der Waals surface area contributed by atoms with Crippen molar-refractivity contribution in [2.45, 2.75) is 108 Å². The lowest BCUT2D eigenvalue weighted by Gasteiger charge is -2.09. The van der Waals surface area contributed by atoms with Gasteiger partial charge in [-0.1, -0.05) is 188 Å². The van der Waals surface area contributed by atoms with Crippen LogP contribution in [-0.4, -0.2) is 29.6 Å². The zero-order valence-electron chi connectivity index (χ0n) is 68.8. The lowest BCUT2D eigenvalue weighted by molar-refractivity contribution is -0.651. The Morgan fingerprint density at radius 1 is 0.211 bits per heavy atom. The first-order chi connectivity index (χ1) is 61.8. The number of aryl methyl sites for hydroxylation is 8. The molecular formula is C72H72B4F4N32O8S8. The van der Waals surface area contributed by atoms with Crippen LogP contribution in [0.15, 0.2) is 235 Å². The summed E-state index contributed by atoms with van der Waals surface area (Å²) in [7, 11) is -12.7. The van der Waals surface area contributed by atoms with Gasteiger partial charge in [0, 0.05) is 39.3 Å². The predicted molar refractivity (Wildman–Crippen MR) is 479 cm³/mol. The van der Waals surface area contributed by atoms with Gasteiger partial charge in [-0.15, -0.1) is 0 Å². The molecule has 0 saturated heterocycles. The Morgan fingerprint density at radius 3 is 0.375 bits per heavy atom. The van der Waals surface area contributed by atoms with Crippen LogP contribution in [0.3, 0.4) is 0 Å². The van der Waals surface area contributed by atoms with Gasteiger partial charge >= 0.3 is 0 Å². The van der Waals surface area contributed by atoms with E-state index in [1.54, 1.807) is 0 Å². The average Bonchev–Trinajstić information content (AvgIpc) is 1.72. The molecule has 0 unspecified atom stereocenters. The van der Waals surface area contributed by atoms with E-state index in [1.807, 2.05) is 286 Å². The van der Waals surface area contributed by atoms with Gasteiger partial charge in [0.1, 0.15) is 73.7 Å². The van der Waals surface area contributed by atoms with Crippen LogP contribution in [0, 0.1) is 0 Å². The van der Waals surface area contributed by atoms with Crippen LogP contribution >= 0.6 is 90.7 Å². The third-order valence-corrected chi connectivity index (χ3v) is 24.7. The van der Waals surface area contributed by atoms with Crippen molar-refractivity contribution in [2.75, 3.05) is 0 Å². The average molecular weight is 1890 g/mol. The summed E-state index contributed by atoms with van der Waals surface area (Å²) in [4.78, 5) is 22.6. The van der Waals surface area contributed by atoms with Crippen molar-refractivity contribution >= 4 is 243 Å². The monoisotopic (exact) mass is 1890 g/mol. The first-order valence-electron chi connectivity index (χ1n) is 37.4. The van der Waals surface area contributed by atoms with Crippen LogP contribution < -0.4 is 76.7 Å². The maximum Gasteiger partial charge on any atom is 0.244 e. The minimum Gasteiger partial charge on any atom is -0.867 e. The smallest absolute Gasteiger partial charge is 0.244 e. The Bertz CT molecular complexity index is 5530. The molecular weight excluding hydrogens is 1820 g/mol. The largest absolute Gasteiger partial charge is 0.867 e. The van der Waals surface area contributed by atoms with Gasteiger partial charge in [0.2, 0.25) is 41.1 Å². The highest BCUT2D eigenvalue weighted by Gasteiger charge is 2.18. The summed E-state index contributed by atoms with van der Waals surface area (Å²) < 4.78 is 64.9. The second kappa shape index (κ2) is 57.6. The second-order valence-corrected chi connectivity index (χ2v) is 31.5. The first-order valence-corrected chi connectivity index (χ1v) is 43.9. The Balaban J connectivity index is 0.000000253. The van der Waals surface area contributed by atoms with E-state index in [1.165, 1.54) is 90.7 Å². The molecule has 0 bridgehead atoms. The van der Waals surface area contributed by atoms with Gasteiger partial charge in [-0.2, -0.15) is 0 Å². The number of rotatable bonds is 16. The number of hydrogen-bond acceptors (Lipinski definition) is 24. The molecule has 16 aromatic rings. The molecule has 0 radical (unpaired) electrons. The van der Waals surface area contributed by atoms with Gasteiger partial charge < -0.3 is 57.5 Å². The number of azide groups is 8. The molecule has 8 aromatic carbocycles. The molecule has 0 aliphatic rings. The maximum absolute atomic E-state index is 9.89. The SMILES string of the molecule is CC[n+]1c(N=[N+]=[N-])sc2ccccc21.CC[n+]1c(N=[N+]=[N-])sc2ccccc21.CC[n+]1c(N=[N+]=[N-])sc2ccccc21.CC[n+]1c(N=[N+]=[N-])sc2ccccc21.CC[n+]1c(N=[N+]=[N-])sc2ccccc21.CC[n+]1c(N=[N+]=[N-])sc2ccccc21.CC[n+]1c(N=[N+]=[N-])sc2ccccc21.CC[n+]1c(N=[N+]=[N-])sc2ccccc21.[O-]B([O-])F.[O-]B([O-])F.[O-]B([O-])F.[O-]B([O-])F. The fraction of sp³-hybridized carbons (Fsp3) is 0.222. The fourth-order valence-electron chi connectivity index (χ4n) is 11.5. The van der Waals surface area contributed by atoms with Crippen LogP contribution in [0.25, 0.3) is 165 Å². The van der Waals surface area contributed by atoms with E-state index in [9.17, 15) is 17.3 Å². The molecule has 0 aliphatic heterocycles. The minimum atomic E-state index is -3.17. The molecule has 0 aliphatic carbocycles. The minimum absolute atomic E-state index is 0.719. The molecule has 128 heavy (non-hydrogen) atoms. The zero-order chi connectivity index (χ0) is 94.0. The zero-order valence-corrected chi connectivity index (χ0v) is 75.3. The van der Waals surface area contributed by atoms with Gasteiger partial charge in [0.15, 0.2) is 0 Å². The second-order valence-electron chi connectivity index (χ2n) is 23.4. The topological polar surface area (TPSA) is 606 Å². The third kappa shape index (κ3) is 31.8. The Hall–Kier alpha value is -13.0. The summed E-state index contributed by atoms with van der Waals surface area (Å²) in [6.07, 6.45) is 0. The molecule has 0 N–H and O–H groups in total. The fourth-order valence-corrected chi connectivity index (χ4v) is 19.9. The highest BCUT2D eigenvalue weighted by molar-refractivity contribution is 7.23. The standard InChI is InChI=1S/8C9H9N4S.4BFO2/c8*1-2-13-7-5-3-4-6-8(7)14-9(13)11-12-10;4*2-1(3)4/h8*3-6H,2H2,1H3;;;;/q8*+1;4*-2. The van der Waals surface area contributed by atoms with Gasteiger partial charge in [-0.25, -0.2) is 36.5 Å². The van der Waals surface area contributed by atoms with Crippen LogP contribution in [0.1, 0.15) is 55.4 Å². The molecule has 8 aromatic heterocycles. The van der Waals surface area contributed by atoms with E-state index in [4.69, 9.17) is 84.4 Å². The molecule has 8 heterocycles. The van der Waals surface area contributed by atoms with Gasteiger partial charge in [-0.05, 0) is 238 Å². The summed E-state index contributed by atoms with van der Waals surface area (Å²) in [5.74, 6) is 0. The highest BCUT2D eigenvalue weighted by Crippen LogP contribution is 2.33. The number of hydrogen-bond donors (Lipinski definition) is 0. The van der Waals surface area contributed by atoms with E-state index in [2.05, 4.69) is 80.2 Å². The maximum atomic E-state index is 9.89. The molecule has 0 atom stereocenters. The van der Waals surface area contributed by atoms with E-state index in [-0.39, 0.29) is 0 Å². The van der Waals surface area contributed by atoms with E-state index >= 15 is 0 Å². The number of benzene rings is 8. The number of para-hydroxylation sites is 8. The molecule has 0 amide bonds. The normalized spacial score (nSPS) is 9.66. The van der Waals surface area contributed by atoms with Crippen LogP contribution in [-0.2, 0) is 52.4 Å². The summed E-state index contributed by atoms with van der Waals surface area (Å²) in [6, 6.07) is 64.3. The molecule has 0 saturated carbocycles. The number of fused-ring (bicyclic) bond motifs is 8. The molecule has 0 spiro atoms. The Kier molecular flexibility index (Phi) is 47.5. The van der Waals surface area contributed by atoms with Crippen molar-refractivity contribution in [3.63, 3.8) is 0 Å². The highest BCUT2D eigenvalue weighted by atomic mass is 32.1. The summed E-state index contributed by atoms with van der Waals surface area (Å²) >= 11 is 12.1. The summed E-state index contributed by atoms with van der Waals surface area (Å²) in [5, 5.41) is 102. The third-order valence-electron chi connectivity index (χ3n) is 16.3. The van der Waals surface area contributed by atoms with E-state index < -0.39 is 29.6 Å². The van der Waals surface area contributed by atoms with Crippen molar-refractivity contribution < 1.29 is 94.0 Å². The van der Waals surface area contributed by atoms with Crippen molar-refractivity contribution in [2.24, 2.45) is 40.9 Å².